The number of hydrogen-bond acceptors (Lipinski definition) is 6. The number of amides is 2. The van der Waals surface area contributed by atoms with E-state index in [9.17, 15) is 24.2 Å². The number of rotatable bonds is 12. The summed E-state index contributed by atoms with van der Waals surface area (Å²) in [6, 6.07) is 24.9. The third kappa shape index (κ3) is 8.61. The molecule has 0 aliphatic rings. The molecule has 2 amide bonds. The lowest BCUT2D eigenvalue weighted by molar-refractivity contribution is -0.124. The van der Waals surface area contributed by atoms with E-state index >= 15 is 0 Å². The first-order valence-electron chi connectivity index (χ1n) is 13.3. The van der Waals surface area contributed by atoms with E-state index in [1.165, 1.54) is 24.3 Å². The molecule has 212 valence electrons. The van der Waals surface area contributed by atoms with Crippen molar-refractivity contribution in [3.63, 3.8) is 0 Å². The molecular weight excluding hydrogens is 525 g/mol. The highest BCUT2D eigenvalue weighted by Crippen LogP contribution is 2.26. The van der Waals surface area contributed by atoms with Crippen molar-refractivity contribution >= 4 is 11.8 Å². The van der Waals surface area contributed by atoms with Crippen LogP contribution in [0.3, 0.4) is 0 Å². The number of phenolic OH excluding ortho intramolecular Hbond substituents is 1. The zero-order valence-electron chi connectivity index (χ0n) is 22.6. The average Bonchev–Trinajstić information content (AvgIpc) is 2.97. The van der Waals surface area contributed by atoms with Crippen LogP contribution < -0.4 is 15.4 Å². The Morgan fingerprint density at radius 3 is 2.29 bits per heavy atom. The Morgan fingerprint density at radius 2 is 1.61 bits per heavy atom. The normalized spacial score (nSPS) is 12.3. The first-order valence-corrected chi connectivity index (χ1v) is 13.3. The highest BCUT2D eigenvalue weighted by Gasteiger charge is 2.19. The van der Waals surface area contributed by atoms with Crippen molar-refractivity contribution < 1.29 is 28.9 Å². The van der Waals surface area contributed by atoms with Gasteiger partial charge in [0, 0.05) is 23.8 Å². The minimum Gasteiger partial charge on any atom is -0.507 e. The third-order valence-electron chi connectivity index (χ3n) is 6.42. The second-order valence-corrected chi connectivity index (χ2v) is 9.79. The number of ether oxygens (including phenoxy) is 1. The number of hydrogen-bond donors (Lipinski definition) is 4. The number of aliphatic hydroxyl groups is 1. The summed E-state index contributed by atoms with van der Waals surface area (Å²) in [6.07, 6.45) is 1.15. The molecule has 4 aromatic rings. The molecule has 2 atom stereocenters. The Kier molecular flexibility index (Phi) is 10.0. The summed E-state index contributed by atoms with van der Waals surface area (Å²) in [5, 5.41) is 24.7. The number of benzene rings is 3. The number of nitrogens with one attached hydrogen (secondary N) is 2. The first kappa shape index (κ1) is 29.2. The molecule has 1 aromatic heterocycles. The summed E-state index contributed by atoms with van der Waals surface area (Å²) in [6.45, 7) is 1.50. The molecular formula is C32H32FN3O5. The zero-order valence-corrected chi connectivity index (χ0v) is 22.6. The lowest BCUT2D eigenvalue weighted by Crippen LogP contribution is -2.45. The number of aromatic hydroxyl groups is 1. The standard InChI is InChI=1S/C32H32FN3O5/c1-21(18-25(36-31(39)20-37)19-34-32(40)28-6-2-3-8-30(28)38)17-24-5-4-7-29(35-24)22-9-13-26(14-10-22)41-27-15-11-23(33)12-16-27/h2-16,21,25,37-38H,17-20H2,1H3,(H,34,40)(H,36,39). The fourth-order valence-electron chi connectivity index (χ4n) is 4.46. The van der Waals surface area contributed by atoms with Gasteiger partial charge in [-0.1, -0.05) is 25.1 Å². The molecule has 0 aliphatic heterocycles. The summed E-state index contributed by atoms with van der Waals surface area (Å²) in [7, 11) is 0. The van der Waals surface area contributed by atoms with Crippen LogP contribution in [0.5, 0.6) is 17.2 Å². The summed E-state index contributed by atoms with van der Waals surface area (Å²) in [4.78, 5) is 29.3. The van der Waals surface area contributed by atoms with Crippen LogP contribution in [-0.2, 0) is 11.2 Å². The molecule has 0 fully saturated rings. The molecule has 0 saturated heterocycles. The number of aromatic nitrogens is 1. The quantitative estimate of drug-likeness (QED) is 0.197. The maximum atomic E-state index is 13.1. The molecule has 4 N–H and O–H groups in total. The Bertz CT molecular complexity index is 1460. The van der Waals surface area contributed by atoms with Crippen molar-refractivity contribution in [2.24, 2.45) is 5.92 Å². The molecule has 41 heavy (non-hydrogen) atoms. The molecule has 0 aliphatic carbocycles. The molecule has 4 rings (SSSR count). The molecule has 2 unspecified atom stereocenters. The van der Waals surface area contributed by atoms with E-state index in [0.717, 1.165) is 17.0 Å². The van der Waals surface area contributed by atoms with E-state index in [1.807, 2.05) is 49.4 Å². The van der Waals surface area contributed by atoms with Crippen molar-refractivity contribution in [1.82, 2.24) is 15.6 Å². The molecule has 8 nitrogen and oxygen atoms in total. The summed E-state index contributed by atoms with van der Waals surface area (Å²) in [5.74, 6) is -0.205. The highest BCUT2D eigenvalue weighted by atomic mass is 19.1. The number of para-hydroxylation sites is 1. The zero-order chi connectivity index (χ0) is 29.2. The van der Waals surface area contributed by atoms with Crippen LogP contribution in [0, 0.1) is 11.7 Å². The van der Waals surface area contributed by atoms with Crippen molar-refractivity contribution in [1.29, 1.82) is 0 Å². The van der Waals surface area contributed by atoms with E-state index in [0.29, 0.717) is 24.3 Å². The Labute approximate surface area is 237 Å². The van der Waals surface area contributed by atoms with Gasteiger partial charge in [0.2, 0.25) is 5.91 Å². The second kappa shape index (κ2) is 14.0. The molecule has 0 spiro atoms. The molecule has 9 heteroatoms. The fraction of sp³-hybridized carbons (Fsp3) is 0.219. The van der Waals surface area contributed by atoms with E-state index < -0.39 is 24.5 Å². The van der Waals surface area contributed by atoms with Gasteiger partial charge in [-0.2, -0.15) is 0 Å². The van der Waals surface area contributed by atoms with E-state index in [-0.39, 0.29) is 29.6 Å². The maximum Gasteiger partial charge on any atom is 0.255 e. The number of nitrogens with zero attached hydrogens (tertiary/aromatic N) is 1. The van der Waals surface area contributed by atoms with Crippen LogP contribution in [0.25, 0.3) is 11.3 Å². The van der Waals surface area contributed by atoms with Gasteiger partial charge in [-0.3, -0.25) is 14.6 Å². The van der Waals surface area contributed by atoms with E-state index in [4.69, 9.17) is 9.72 Å². The molecule has 3 aromatic carbocycles. The van der Waals surface area contributed by atoms with Crippen LogP contribution in [0.4, 0.5) is 4.39 Å². The van der Waals surface area contributed by atoms with Gasteiger partial charge in [0.1, 0.15) is 29.7 Å². The average molecular weight is 558 g/mol. The van der Waals surface area contributed by atoms with Gasteiger partial charge in [-0.05, 0) is 91.6 Å². The lowest BCUT2D eigenvalue weighted by Gasteiger charge is -2.22. The monoisotopic (exact) mass is 557 g/mol. The van der Waals surface area contributed by atoms with Gasteiger partial charge in [0.15, 0.2) is 0 Å². The second-order valence-electron chi connectivity index (χ2n) is 9.79. The first-order chi connectivity index (χ1) is 19.8. The number of halogens is 1. The SMILES string of the molecule is CC(Cc1cccc(-c2ccc(Oc3ccc(F)cc3)cc2)n1)CC(CNC(=O)c1ccccc1O)NC(=O)CO. The van der Waals surface area contributed by atoms with Crippen molar-refractivity contribution in [3.05, 3.63) is 108 Å². The summed E-state index contributed by atoms with van der Waals surface area (Å²) in [5.41, 5.74) is 2.71. The Balaban J connectivity index is 1.37. The van der Waals surface area contributed by atoms with Crippen LogP contribution in [0.15, 0.2) is 91.0 Å². The highest BCUT2D eigenvalue weighted by molar-refractivity contribution is 5.96. The number of carbonyl (C=O) groups excluding carboxylic acids is 2. The van der Waals surface area contributed by atoms with E-state index in [1.54, 1.807) is 24.3 Å². The number of aliphatic hydroxyl groups excluding tert-OH is 1. The summed E-state index contributed by atoms with van der Waals surface area (Å²) < 4.78 is 18.9. The van der Waals surface area contributed by atoms with Gasteiger partial charge in [-0.25, -0.2) is 4.39 Å². The predicted octanol–water partition coefficient (Wildman–Crippen LogP) is 4.86. The van der Waals surface area contributed by atoms with Crippen molar-refractivity contribution in [3.8, 4) is 28.5 Å². The minimum atomic E-state index is -0.657. The maximum absolute atomic E-state index is 13.1. The van der Waals surface area contributed by atoms with E-state index in [2.05, 4.69) is 10.6 Å². The number of carbonyl (C=O) groups is 2. The smallest absolute Gasteiger partial charge is 0.255 e. The molecule has 0 radical (unpaired) electrons. The van der Waals surface area contributed by atoms with Gasteiger partial charge in [0.25, 0.3) is 5.91 Å². The van der Waals surface area contributed by atoms with Gasteiger partial charge in [0.05, 0.1) is 11.3 Å². The van der Waals surface area contributed by atoms with Crippen LogP contribution in [0.2, 0.25) is 0 Å². The van der Waals surface area contributed by atoms with Gasteiger partial charge >= 0.3 is 0 Å². The minimum absolute atomic E-state index is 0.0789. The van der Waals surface area contributed by atoms with Crippen LogP contribution in [0.1, 0.15) is 29.4 Å². The van der Waals surface area contributed by atoms with Crippen molar-refractivity contribution in [2.45, 2.75) is 25.8 Å². The number of pyridine rings is 1. The summed E-state index contributed by atoms with van der Waals surface area (Å²) >= 11 is 0. The largest absolute Gasteiger partial charge is 0.507 e. The fourth-order valence-corrected chi connectivity index (χ4v) is 4.46. The van der Waals surface area contributed by atoms with Gasteiger partial charge < -0.3 is 25.6 Å². The van der Waals surface area contributed by atoms with Crippen LogP contribution >= 0.6 is 0 Å². The lowest BCUT2D eigenvalue weighted by atomic mass is 9.96. The molecule has 1 heterocycles. The molecule has 0 saturated carbocycles. The topological polar surface area (TPSA) is 121 Å². The Hall–Kier alpha value is -4.76. The Morgan fingerprint density at radius 1 is 0.927 bits per heavy atom. The van der Waals surface area contributed by atoms with Crippen molar-refractivity contribution in [2.75, 3.05) is 13.2 Å². The third-order valence-corrected chi connectivity index (χ3v) is 6.42. The molecule has 0 bridgehead atoms. The predicted molar refractivity (Wildman–Crippen MR) is 153 cm³/mol. The number of phenols is 1. The van der Waals surface area contributed by atoms with Crippen LogP contribution in [-0.4, -0.2) is 46.2 Å². The van der Waals surface area contributed by atoms with Gasteiger partial charge in [-0.15, -0.1) is 0 Å².